The lowest BCUT2D eigenvalue weighted by molar-refractivity contribution is -0.138. The van der Waals surface area contributed by atoms with Gasteiger partial charge in [0.2, 0.25) is 5.91 Å². The Labute approximate surface area is 272 Å². The zero-order chi connectivity index (χ0) is 32.6. The number of aromatic amines is 1. The van der Waals surface area contributed by atoms with Crippen LogP contribution in [0, 0.1) is 18.8 Å². The van der Waals surface area contributed by atoms with Crippen LogP contribution >= 0.6 is 12.6 Å². The Morgan fingerprint density at radius 2 is 1.64 bits per heavy atom. The monoisotopic (exact) mass is 653 g/mol. The number of nitrogens with one attached hydrogen (secondary N) is 4. The van der Waals surface area contributed by atoms with Gasteiger partial charge in [-0.05, 0) is 103 Å². The summed E-state index contributed by atoms with van der Waals surface area (Å²) >= 11 is 5.47. The van der Waals surface area contributed by atoms with E-state index in [9.17, 15) is 29.4 Å². The van der Waals surface area contributed by atoms with Gasteiger partial charge in [0.15, 0.2) is 11.0 Å². The van der Waals surface area contributed by atoms with Crippen molar-refractivity contribution in [3.8, 4) is 0 Å². The number of aromatic nitrogens is 1. The molecule has 1 aromatic heterocycles. The third-order valence-electron chi connectivity index (χ3n) is 9.47. The van der Waals surface area contributed by atoms with Gasteiger partial charge in [-0.2, -0.15) is 12.6 Å². The molecule has 4 aliphatic rings. The number of carbonyl (C=O) groups is 4. The number of aliphatic carboxylic acids is 2. The number of amides is 2. The lowest BCUT2D eigenvalue weighted by Gasteiger charge is -2.20. The highest BCUT2D eigenvalue weighted by atomic mass is 32.2. The Morgan fingerprint density at radius 1 is 0.978 bits per heavy atom. The van der Waals surface area contributed by atoms with Gasteiger partial charge in [-0.25, -0.2) is 0 Å². The number of carboxylic acid groups (broad SMARTS) is 2. The van der Waals surface area contributed by atoms with Crippen LogP contribution in [-0.4, -0.2) is 62.0 Å². The van der Waals surface area contributed by atoms with Crippen LogP contribution in [0.15, 0.2) is 45.2 Å². The lowest BCUT2D eigenvalue weighted by Crippen LogP contribution is -2.36. The first-order valence-electron chi connectivity index (χ1n) is 15.2. The van der Waals surface area contributed by atoms with Crippen molar-refractivity contribution in [3.63, 3.8) is 0 Å². The lowest BCUT2D eigenvalue weighted by atomic mass is 9.91. The minimum absolute atomic E-state index is 0.0215. The zero-order valence-corrected chi connectivity index (χ0v) is 27.6. The summed E-state index contributed by atoms with van der Waals surface area (Å²) in [6.07, 6.45) is 6.75. The maximum Gasteiger partial charge on any atom is 0.303 e. The number of allylic oxidation sites excluding steroid dienone is 2. The number of hydrogen-bond acceptors (Lipinski definition) is 6. The van der Waals surface area contributed by atoms with Crippen LogP contribution < -0.4 is 16.0 Å². The molecule has 5 heterocycles. The number of carboxylic acids is 2. The molecule has 10 nitrogen and oxygen atoms in total. The summed E-state index contributed by atoms with van der Waals surface area (Å²) < 4.78 is 0. The summed E-state index contributed by atoms with van der Waals surface area (Å²) in [5, 5.41) is 30.7. The SMILES string of the molecule is CC1=C(CCC(=O)O)/C(=C\c2[nH]c(/C=C3\NC(=O)[C@H](C)[C@H]3[C@@H]3C[SH+]3)c(C)c2CCC(=O)O)NC1C[C@H]1NC(=O)C(/C=C/S)=C1C. The van der Waals surface area contributed by atoms with E-state index in [-0.39, 0.29) is 48.6 Å². The first kappa shape index (κ1) is 32.7. The molecule has 0 bridgehead atoms. The highest BCUT2D eigenvalue weighted by Gasteiger charge is 2.52. The summed E-state index contributed by atoms with van der Waals surface area (Å²) in [4.78, 5) is 51.8. The van der Waals surface area contributed by atoms with E-state index in [1.165, 1.54) is 11.8 Å². The normalized spacial score (nSPS) is 28.1. The molecule has 5 atom stereocenters. The zero-order valence-electron chi connectivity index (χ0n) is 25.9. The molecule has 1 aromatic rings. The molecule has 0 aromatic carbocycles. The van der Waals surface area contributed by atoms with E-state index < -0.39 is 11.9 Å². The third kappa shape index (κ3) is 6.96. The van der Waals surface area contributed by atoms with Gasteiger partial charge in [-0.3, -0.25) is 19.2 Å². The molecule has 2 fully saturated rings. The summed E-state index contributed by atoms with van der Waals surface area (Å²) in [5.74, 6) is -0.805. The van der Waals surface area contributed by atoms with Gasteiger partial charge in [-0.15, -0.1) is 0 Å². The van der Waals surface area contributed by atoms with Crippen LogP contribution in [0.1, 0.15) is 69.0 Å². The molecule has 2 amide bonds. The summed E-state index contributed by atoms with van der Waals surface area (Å²) in [6, 6.07) is -0.335. The third-order valence-corrected chi connectivity index (χ3v) is 10.7. The van der Waals surface area contributed by atoms with Crippen molar-refractivity contribution in [2.45, 2.75) is 77.1 Å². The molecule has 0 radical (unpaired) electrons. The second kappa shape index (κ2) is 13.4. The van der Waals surface area contributed by atoms with Crippen LogP contribution in [0.25, 0.3) is 12.2 Å². The largest absolute Gasteiger partial charge is 0.481 e. The number of carbonyl (C=O) groups excluding carboxylic acids is 2. The Balaban J connectivity index is 1.50. The smallest absolute Gasteiger partial charge is 0.303 e. The summed E-state index contributed by atoms with van der Waals surface area (Å²) in [7, 11) is 0. The average molecular weight is 654 g/mol. The topological polar surface area (TPSA) is 161 Å². The van der Waals surface area contributed by atoms with E-state index in [2.05, 4.69) is 33.6 Å². The van der Waals surface area contributed by atoms with Gasteiger partial charge in [0.25, 0.3) is 5.91 Å². The van der Waals surface area contributed by atoms with Crippen molar-refractivity contribution in [2.75, 3.05) is 5.75 Å². The van der Waals surface area contributed by atoms with E-state index in [1.807, 2.05) is 39.8 Å². The highest BCUT2D eigenvalue weighted by molar-refractivity contribution is 7.86. The molecule has 0 aliphatic carbocycles. The molecule has 6 N–H and O–H groups in total. The van der Waals surface area contributed by atoms with Crippen LogP contribution in [0.5, 0.6) is 0 Å². The first-order chi connectivity index (χ1) is 21.4. The summed E-state index contributed by atoms with van der Waals surface area (Å²) in [5.41, 5.74) is 8.43. The fourth-order valence-corrected chi connectivity index (χ4v) is 7.87. The maximum absolute atomic E-state index is 12.6. The van der Waals surface area contributed by atoms with Crippen LogP contribution in [0.4, 0.5) is 0 Å². The fraction of sp³-hybridized carbons (Fsp3) is 0.455. The van der Waals surface area contributed by atoms with Gasteiger partial charge < -0.3 is 31.1 Å². The Morgan fingerprint density at radius 3 is 2.29 bits per heavy atom. The molecule has 240 valence electrons. The molecule has 4 aliphatic heterocycles. The molecule has 0 spiro atoms. The molecular formula is C33H41N4O6S2+. The second-order valence-electron chi connectivity index (χ2n) is 12.3. The predicted molar refractivity (Wildman–Crippen MR) is 180 cm³/mol. The molecule has 1 unspecified atom stereocenters. The minimum Gasteiger partial charge on any atom is -0.481 e. The minimum atomic E-state index is -0.898. The van der Waals surface area contributed by atoms with Crippen LogP contribution in [-0.2, 0) is 37.4 Å². The molecular weight excluding hydrogens is 613 g/mol. The number of thiol groups is 2. The Hall–Kier alpha value is -3.64. The summed E-state index contributed by atoms with van der Waals surface area (Å²) in [6.45, 7) is 7.84. The van der Waals surface area contributed by atoms with Gasteiger partial charge >= 0.3 is 11.9 Å². The number of hydrogen-bond donors (Lipinski definition) is 7. The molecule has 12 heteroatoms. The molecule has 2 saturated heterocycles. The van der Waals surface area contributed by atoms with Gasteiger partial charge in [-0.1, -0.05) is 6.92 Å². The van der Waals surface area contributed by atoms with Crippen molar-refractivity contribution >= 4 is 60.3 Å². The van der Waals surface area contributed by atoms with E-state index >= 15 is 0 Å². The highest BCUT2D eigenvalue weighted by Crippen LogP contribution is 2.39. The molecule has 45 heavy (non-hydrogen) atoms. The van der Waals surface area contributed by atoms with E-state index in [4.69, 9.17) is 0 Å². The van der Waals surface area contributed by atoms with Crippen molar-refractivity contribution in [1.29, 1.82) is 0 Å². The van der Waals surface area contributed by atoms with Crippen molar-refractivity contribution in [2.24, 2.45) is 11.8 Å². The van der Waals surface area contributed by atoms with Gasteiger partial charge in [0, 0.05) is 53.2 Å². The standard InChI is InChI=1S/C33H40N4O6S2/c1-15-19(5-7-29(38)39)25(34-22(15)11-24-17(3)21(9-10-44)33(43)36-24)13-26-20(6-8-30(40)41)16(2)23(35-26)12-27-31(28-14-45-28)18(4)32(42)37-27/h9-10,12-13,18,22,24,28,31,34-35,44H,5-8,11,14H2,1-4H3,(H,36,43)(H,37,42)(H,38,39)(H,40,41)/p+1/b10-9+,25-13+,27-12-/t18-,22?,24-,28+,31-/m1/s1. The van der Waals surface area contributed by atoms with Crippen molar-refractivity contribution in [1.82, 2.24) is 20.9 Å². The van der Waals surface area contributed by atoms with E-state index in [1.54, 1.807) is 11.5 Å². The Bertz CT molecular complexity index is 1600. The first-order valence-corrected chi connectivity index (χ1v) is 16.9. The van der Waals surface area contributed by atoms with Crippen LogP contribution in [0.2, 0.25) is 0 Å². The van der Waals surface area contributed by atoms with Gasteiger partial charge in [0.05, 0.1) is 12.0 Å². The van der Waals surface area contributed by atoms with Crippen LogP contribution in [0.3, 0.4) is 0 Å². The average Bonchev–Trinajstić information content (AvgIpc) is 3.56. The predicted octanol–water partition coefficient (Wildman–Crippen LogP) is 3.40. The second-order valence-corrected chi connectivity index (χ2v) is 14.0. The van der Waals surface area contributed by atoms with Gasteiger partial charge in [0.1, 0.15) is 0 Å². The Kier molecular flexibility index (Phi) is 9.74. The van der Waals surface area contributed by atoms with E-state index in [0.29, 0.717) is 30.1 Å². The number of rotatable bonds is 12. The number of H-pyrrole nitrogens is 1. The van der Waals surface area contributed by atoms with E-state index in [0.717, 1.165) is 56.4 Å². The van der Waals surface area contributed by atoms with Crippen molar-refractivity contribution in [3.05, 3.63) is 67.7 Å². The molecule has 5 rings (SSSR count). The maximum atomic E-state index is 12.6. The molecule has 0 saturated carbocycles. The van der Waals surface area contributed by atoms with Crippen molar-refractivity contribution < 1.29 is 29.4 Å². The quantitative estimate of drug-likeness (QED) is 0.103. The fourth-order valence-electron chi connectivity index (χ4n) is 6.73.